The Balaban J connectivity index is 2.35. The van der Waals surface area contributed by atoms with Gasteiger partial charge in [0, 0.05) is 18.3 Å². The van der Waals surface area contributed by atoms with E-state index >= 15 is 0 Å². The lowest BCUT2D eigenvalue weighted by Crippen LogP contribution is -2.02. The largest absolute Gasteiger partial charge is 0.493 e. The highest BCUT2D eigenvalue weighted by atomic mass is 16.5. The van der Waals surface area contributed by atoms with E-state index in [1.807, 2.05) is 36.4 Å². The van der Waals surface area contributed by atoms with Gasteiger partial charge < -0.3 is 15.2 Å². The molecule has 2 aromatic rings. The summed E-state index contributed by atoms with van der Waals surface area (Å²) in [4.78, 5) is 4.52. The standard InChI is InChI=1S/C16H20N2O2/c1-11(2)13-8-12(10-17)9-16(18-13)20-15-7-5-4-6-14(15)19-3/h4-9,11H,10,17H2,1-3H3. The topological polar surface area (TPSA) is 57.4 Å². The highest BCUT2D eigenvalue weighted by Gasteiger charge is 2.09. The summed E-state index contributed by atoms with van der Waals surface area (Å²) in [6.45, 7) is 4.65. The van der Waals surface area contributed by atoms with Crippen molar-refractivity contribution in [1.29, 1.82) is 0 Å². The number of ether oxygens (including phenoxy) is 2. The first-order valence-corrected chi connectivity index (χ1v) is 6.66. The van der Waals surface area contributed by atoms with Gasteiger partial charge in [-0.2, -0.15) is 0 Å². The van der Waals surface area contributed by atoms with E-state index in [-0.39, 0.29) is 0 Å². The number of methoxy groups -OCH3 is 1. The second-order valence-electron chi connectivity index (χ2n) is 4.85. The van der Waals surface area contributed by atoms with Gasteiger partial charge in [0.1, 0.15) is 0 Å². The highest BCUT2D eigenvalue weighted by Crippen LogP contribution is 2.31. The number of para-hydroxylation sites is 2. The molecular weight excluding hydrogens is 252 g/mol. The van der Waals surface area contributed by atoms with Gasteiger partial charge >= 0.3 is 0 Å². The van der Waals surface area contributed by atoms with Crippen molar-refractivity contribution in [2.45, 2.75) is 26.3 Å². The maximum absolute atomic E-state index is 5.84. The zero-order valence-electron chi connectivity index (χ0n) is 12.1. The fourth-order valence-corrected chi connectivity index (χ4v) is 1.86. The van der Waals surface area contributed by atoms with E-state index in [0.717, 1.165) is 11.3 Å². The molecule has 0 atom stereocenters. The van der Waals surface area contributed by atoms with Gasteiger partial charge in [0.05, 0.1) is 7.11 Å². The third-order valence-electron chi connectivity index (χ3n) is 2.99. The van der Waals surface area contributed by atoms with Crippen molar-refractivity contribution in [3.63, 3.8) is 0 Å². The SMILES string of the molecule is COc1ccccc1Oc1cc(CN)cc(C(C)C)n1. The molecule has 20 heavy (non-hydrogen) atoms. The van der Waals surface area contributed by atoms with Crippen molar-refractivity contribution >= 4 is 0 Å². The third-order valence-corrected chi connectivity index (χ3v) is 2.99. The minimum atomic E-state index is 0.321. The molecule has 1 heterocycles. The average Bonchev–Trinajstić information content (AvgIpc) is 2.47. The molecule has 0 saturated heterocycles. The molecule has 0 aliphatic rings. The van der Waals surface area contributed by atoms with Crippen LogP contribution in [0.5, 0.6) is 17.4 Å². The number of hydrogen-bond acceptors (Lipinski definition) is 4. The summed E-state index contributed by atoms with van der Waals surface area (Å²) in [7, 11) is 1.62. The molecule has 1 aromatic carbocycles. The van der Waals surface area contributed by atoms with E-state index in [4.69, 9.17) is 15.2 Å². The van der Waals surface area contributed by atoms with Gasteiger partial charge in [0.2, 0.25) is 5.88 Å². The summed E-state index contributed by atoms with van der Waals surface area (Å²) < 4.78 is 11.1. The van der Waals surface area contributed by atoms with Crippen LogP contribution in [0.3, 0.4) is 0 Å². The molecule has 0 spiro atoms. The van der Waals surface area contributed by atoms with Gasteiger partial charge in [0.25, 0.3) is 0 Å². The number of benzene rings is 1. The molecule has 0 fully saturated rings. The van der Waals surface area contributed by atoms with E-state index in [9.17, 15) is 0 Å². The minimum absolute atomic E-state index is 0.321. The summed E-state index contributed by atoms with van der Waals surface area (Å²) >= 11 is 0. The van der Waals surface area contributed by atoms with Crippen molar-refractivity contribution in [3.05, 3.63) is 47.7 Å². The number of aromatic nitrogens is 1. The number of hydrogen-bond donors (Lipinski definition) is 1. The second-order valence-corrected chi connectivity index (χ2v) is 4.85. The quantitative estimate of drug-likeness (QED) is 0.905. The molecule has 0 aliphatic heterocycles. The minimum Gasteiger partial charge on any atom is -0.493 e. The van der Waals surface area contributed by atoms with Gasteiger partial charge in [-0.15, -0.1) is 0 Å². The highest BCUT2D eigenvalue weighted by molar-refractivity contribution is 5.42. The maximum atomic E-state index is 5.84. The molecule has 4 heteroatoms. The van der Waals surface area contributed by atoms with Crippen LogP contribution in [-0.2, 0) is 6.54 Å². The Kier molecular flexibility index (Phi) is 4.58. The Hall–Kier alpha value is -2.07. The second kappa shape index (κ2) is 6.39. The summed E-state index contributed by atoms with van der Waals surface area (Å²) in [6.07, 6.45) is 0. The monoisotopic (exact) mass is 272 g/mol. The Morgan fingerprint density at radius 2 is 1.85 bits per heavy atom. The molecule has 1 aromatic heterocycles. The van der Waals surface area contributed by atoms with Crippen LogP contribution in [0, 0.1) is 0 Å². The predicted molar refractivity (Wildman–Crippen MR) is 79.3 cm³/mol. The van der Waals surface area contributed by atoms with Gasteiger partial charge in [-0.3, -0.25) is 0 Å². The van der Waals surface area contributed by atoms with Crippen molar-refractivity contribution < 1.29 is 9.47 Å². The van der Waals surface area contributed by atoms with Crippen LogP contribution in [0.1, 0.15) is 31.0 Å². The molecule has 106 valence electrons. The van der Waals surface area contributed by atoms with Gasteiger partial charge in [-0.1, -0.05) is 26.0 Å². The van der Waals surface area contributed by atoms with Crippen molar-refractivity contribution in [3.8, 4) is 17.4 Å². The number of nitrogens with two attached hydrogens (primary N) is 1. The van der Waals surface area contributed by atoms with Gasteiger partial charge in [-0.05, 0) is 29.7 Å². The van der Waals surface area contributed by atoms with Crippen LogP contribution >= 0.6 is 0 Å². The molecule has 2 rings (SSSR count). The Bertz CT molecular complexity index is 582. The molecular formula is C16H20N2O2. The lowest BCUT2D eigenvalue weighted by molar-refractivity contribution is 0.373. The van der Waals surface area contributed by atoms with Crippen molar-refractivity contribution in [2.24, 2.45) is 5.73 Å². The Morgan fingerprint density at radius 1 is 1.15 bits per heavy atom. The van der Waals surface area contributed by atoms with Crippen LogP contribution in [0.25, 0.3) is 0 Å². The van der Waals surface area contributed by atoms with Crippen LogP contribution in [-0.4, -0.2) is 12.1 Å². The molecule has 0 unspecified atom stereocenters. The van der Waals surface area contributed by atoms with Gasteiger partial charge in [-0.25, -0.2) is 4.98 Å². The maximum Gasteiger partial charge on any atom is 0.219 e. The van der Waals surface area contributed by atoms with Crippen molar-refractivity contribution in [1.82, 2.24) is 4.98 Å². The summed E-state index contributed by atoms with van der Waals surface area (Å²) in [5.74, 6) is 2.19. The van der Waals surface area contributed by atoms with Gasteiger partial charge in [0.15, 0.2) is 11.5 Å². The molecule has 0 amide bonds. The average molecular weight is 272 g/mol. The number of rotatable bonds is 5. The van der Waals surface area contributed by atoms with Crippen LogP contribution in [0.2, 0.25) is 0 Å². The fraction of sp³-hybridized carbons (Fsp3) is 0.312. The molecule has 0 saturated carbocycles. The molecule has 2 N–H and O–H groups in total. The normalized spacial score (nSPS) is 10.7. The Morgan fingerprint density at radius 3 is 2.45 bits per heavy atom. The zero-order chi connectivity index (χ0) is 14.5. The fourth-order valence-electron chi connectivity index (χ4n) is 1.86. The molecule has 4 nitrogen and oxygen atoms in total. The van der Waals surface area contributed by atoms with E-state index in [2.05, 4.69) is 18.8 Å². The molecule has 0 radical (unpaired) electrons. The first-order chi connectivity index (χ1) is 9.63. The first kappa shape index (κ1) is 14.3. The van der Waals surface area contributed by atoms with Crippen molar-refractivity contribution in [2.75, 3.05) is 7.11 Å². The summed E-state index contributed by atoms with van der Waals surface area (Å²) in [5.41, 5.74) is 7.71. The summed E-state index contributed by atoms with van der Waals surface area (Å²) in [5, 5.41) is 0. The lowest BCUT2D eigenvalue weighted by Gasteiger charge is -2.13. The zero-order valence-corrected chi connectivity index (χ0v) is 12.1. The smallest absolute Gasteiger partial charge is 0.219 e. The number of nitrogens with zero attached hydrogens (tertiary/aromatic N) is 1. The lowest BCUT2D eigenvalue weighted by atomic mass is 10.1. The predicted octanol–water partition coefficient (Wildman–Crippen LogP) is 3.46. The van der Waals surface area contributed by atoms with E-state index in [1.165, 1.54) is 0 Å². The number of pyridine rings is 1. The van der Waals surface area contributed by atoms with Crippen LogP contribution in [0.4, 0.5) is 0 Å². The Labute approximate surface area is 119 Å². The summed E-state index contributed by atoms with van der Waals surface area (Å²) in [6, 6.07) is 11.4. The molecule has 0 aliphatic carbocycles. The van der Waals surface area contributed by atoms with Crippen LogP contribution in [0.15, 0.2) is 36.4 Å². The third kappa shape index (κ3) is 3.27. The van der Waals surface area contributed by atoms with E-state index in [1.54, 1.807) is 7.11 Å². The van der Waals surface area contributed by atoms with E-state index < -0.39 is 0 Å². The van der Waals surface area contributed by atoms with Crippen LogP contribution < -0.4 is 15.2 Å². The van der Waals surface area contributed by atoms with E-state index in [0.29, 0.717) is 29.8 Å². The first-order valence-electron chi connectivity index (χ1n) is 6.66. The molecule has 0 bridgehead atoms.